The van der Waals surface area contributed by atoms with Crippen molar-refractivity contribution in [3.05, 3.63) is 341 Å². The Balaban J connectivity index is 0.000000164. The van der Waals surface area contributed by atoms with E-state index < -0.39 is 34.6 Å². The number of pyridine rings is 2. The summed E-state index contributed by atoms with van der Waals surface area (Å²) in [6, 6.07) is 85.9. The summed E-state index contributed by atoms with van der Waals surface area (Å²) in [7, 11) is 0. The van der Waals surface area contributed by atoms with E-state index in [0.29, 0.717) is 95.1 Å². The Morgan fingerprint density at radius 1 is 0.267 bits per heavy atom. The van der Waals surface area contributed by atoms with Crippen molar-refractivity contribution in [1.82, 2.24) is 29.9 Å². The van der Waals surface area contributed by atoms with Gasteiger partial charge in [0.1, 0.15) is 0 Å². The van der Waals surface area contributed by atoms with Crippen LogP contribution in [-0.2, 0) is 0 Å². The molecule has 0 aliphatic carbocycles. The van der Waals surface area contributed by atoms with E-state index in [4.69, 9.17) is 49.6 Å². The van der Waals surface area contributed by atoms with Crippen LogP contribution in [0.25, 0.3) is 181 Å². The molecule has 0 saturated carbocycles. The zero-order valence-corrected chi connectivity index (χ0v) is 54.7. The first-order chi connectivity index (χ1) is 51.4. The van der Waals surface area contributed by atoms with Crippen molar-refractivity contribution in [1.29, 1.82) is 10.5 Å². The highest BCUT2D eigenvalue weighted by molar-refractivity contribution is 6.25. The van der Waals surface area contributed by atoms with E-state index >= 15 is 0 Å². The molecular weight excluding hydrogens is 1320 g/mol. The summed E-state index contributed by atoms with van der Waals surface area (Å²) in [4.78, 5) is 42.6. The Morgan fingerprint density at radius 3 is 0.895 bits per heavy atom. The number of halogens is 5. The molecule has 105 heavy (non-hydrogen) atoms. The predicted molar refractivity (Wildman–Crippen MR) is 402 cm³/mol. The molecule has 4 aromatic heterocycles. The van der Waals surface area contributed by atoms with E-state index in [0.717, 1.165) is 88.3 Å². The largest absolute Gasteiger partial charge is 0.247 e. The minimum absolute atomic E-state index is 0.207. The number of nitriles is 2. The van der Waals surface area contributed by atoms with Gasteiger partial charge in [0.25, 0.3) is 0 Å². The van der Waals surface area contributed by atoms with Crippen molar-refractivity contribution >= 4 is 82.5 Å². The van der Waals surface area contributed by atoms with Crippen molar-refractivity contribution < 1.29 is 22.0 Å². The number of aromatic nitrogens is 6. The van der Waals surface area contributed by atoms with E-state index in [1.807, 2.05) is 170 Å². The summed E-state index contributed by atoms with van der Waals surface area (Å²) in [6.45, 7) is 22.4. The number of fused-ring (bicyclic) bond motifs is 10. The molecule has 490 valence electrons. The van der Waals surface area contributed by atoms with E-state index in [-0.39, 0.29) is 5.56 Å². The molecule has 0 fully saturated rings. The summed E-state index contributed by atoms with van der Waals surface area (Å²) in [5.74, 6) is -10.1. The van der Waals surface area contributed by atoms with Gasteiger partial charge < -0.3 is 0 Å². The third kappa shape index (κ3) is 11.6. The van der Waals surface area contributed by atoms with Gasteiger partial charge in [-0.1, -0.05) is 218 Å². The maximum Gasteiger partial charge on any atom is 0.200 e. The molecule has 16 heteroatoms. The van der Waals surface area contributed by atoms with Crippen molar-refractivity contribution in [2.45, 2.75) is 0 Å². The molecule has 0 N–H and O–H groups in total. The lowest BCUT2D eigenvalue weighted by molar-refractivity contribution is 0.381. The monoisotopic (exact) mass is 1360 g/mol. The topological polar surface area (TPSA) is 138 Å². The van der Waals surface area contributed by atoms with Crippen LogP contribution < -0.4 is 0 Å². The lowest BCUT2D eigenvalue weighted by Gasteiger charge is -2.18. The van der Waals surface area contributed by atoms with E-state index in [1.54, 1.807) is 48.5 Å². The fourth-order valence-corrected chi connectivity index (χ4v) is 13.3. The van der Waals surface area contributed by atoms with Crippen LogP contribution in [0.5, 0.6) is 0 Å². The van der Waals surface area contributed by atoms with Crippen LogP contribution in [0.3, 0.4) is 0 Å². The van der Waals surface area contributed by atoms with Gasteiger partial charge in [-0.15, -0.1) is 0 Å². The van der Waals surface area contributed by atoms with Crippen LogP contribution in [0.1, 0.15) is 11.1 Å². The maximum absolute atomic E-state index is 14.8. The average Bonchev–Trinajstić information content (AvgIpc) is 0.725. The van der Waals surface area contributed by atoms with Crippen LogP contribution in [0.2, 0.25) is 0 Å². The zero-order valence-electron chi connectivity index (χ0n) is 54.7. The van der Waals surface area contributed by atoms with Crippen LogP contribution in [0, 0.1) is 71.5 Å². The third-order valence-corrected chi connectivity index (χ3v) is 18.4. The van der Waals surface area contributed by atoms with Gasteiger partial charge in [-0.25, -0.2) is 66.4 Å². The minimum Gasteiger partial charge on any atom is -0.247 e. The molecule has 0 amide bonds. The average molecular weight is 1360 g/mol. The lowest BCUT2D eigenvalue weighted by Crippen LogP contribution is -2.04. The van der Waals surface area contributed by atoms with E-state index in [9.17, 15) is 32.5 Å². The number of hydrogen-bond donors (Lipinski definition) is 0. The summed E-state index contributed by atoms with van der Waals surface area (Å²) < 4.78 is 71.9. The molecule has 0 aliphatic heterocycles. The van der Waals surface area contributed by atoms with E-state index in [2.05, 4.69) is 50.9 Å². The summed E-state index contributed by atoms with van der Waals surface area (Å²) in [5.41, 5.74) is 17.0. The molecule has 0 bridgehead atoms. The van der Waals surface area contributed by atoms with Crippen molar-refractivity contribution in [3.63, 3.8) is 0 Å². The summed E-state index contributed by atoms with van der Waals surface area (Å²) >= 11 is 0. The molecule has 0 aliphatic rings. The second kappa shape index (κ2) is 26.9. The first-order valence-electron chi connectivity index (χ1n) is 32.7. The number of nitrogens with zero attached hydrogens (tertiary/aromatic N) is 11. The first kappa shape index (κ1) is 64.6. The van der Waals surface area contributed by atoms with Gasteiger partial charge in [-0.3, -0.25) is 0 Å². The van der Waals surface area contributed by atoms with Gasteiger partial charge in [0.05, 0.1) is 116 Å². The minimum atomic E-state index is -2.23. The number of benzene rings is 13. The maximum atomic E-state index is 14.8. The molecule has 0 unspecified atom stereocenters. The van der Waals surface area contributed by atoms with Crippen LogP contribution in [0.15, 0.2) is 267 Å². The second-order valence-electron chi connectivity index (χ2n) is 24.5. The van der Waals surface area contributed by atoms with E-state index in [1.165, 1.54) is 24.3 Å². The van der Waals surface area contributed by atoms with Gasteiger partial charge in [-0.05, 0) is 81.9 Å². The fourth-order valence-electron chi connectivity index (χ4n) is 13.3. The highest BCUT2D eigenvalue weighted by Gasteiger charge is 2.29. The predicted octanol–water partition coefficient (Wildman–Crippen LogP) is 23.8. The summed E-state index contributed by atoms with van der Waals surface area (Å²) in [5, 5.41) is 24.0. The highest BCUT2D eigenvalue weighted by atomic mass is 19.2. The third-order valence-electron chi connectivity index (χ3n) is 18.4. The Bertz CT molecular complexity index is 6620. The molecule has 13 aromatic carbocycles. The van der Waals surface area contributed by atoms with Gasteiger partial charge in [0, 0.05) is 60.1 Å². The normalized spacial score (nSPS) is 11.0. The lowest BCUT2D eigenvalue weighted by atomic mass is 9.92. The Kier molecular flexibility index (Phi) is 16.6. The molecule has 17 rings (SSSR count). The molecule has 4 heterocycles. The molecule has 17 aromatic rings. The molecule has 0 radical (unpaired) electrons. The Hall–Kier alpha value is -15.0. The van der Waals surface area contributed by atoms with Crippen LogP contribution in [0.4, 0.5) is 39.0 Å². The molecule has 0 saturated heterocycles. The first-order valence-corrected chi connectivity index (χ1v) is 32.7. The number of rotatable bonds is 9. The Morgan fingerprint density at radius 2 is 0.552 bits per heavy atom. The van der Waals surface area contributed by atoms with Gasteiger partial charge in [-0.2, -0.15) is 10.5 Å². The SMILES string of the molecule is [C-]#[N+]c1ccc(-c2nc3c(-c4ccccc4)cc4c(-c5ccc(-c6c(F)c(F)c(F)c(F)c6F)cc5)nc5ccccc5c4c3nc2-c2ccc(C#N)cc2)cc1.[C-]#[N+]c1ccc(-c2nc3c(-c4ccccc4)cc4c(-c5ccc([N+]#[C-])cc5)nc5ccccc5c4c3nc2-c2ccc(C#N)cc2)cc1. The summed E-state index contributed by atoms with van der Waals surface area (Å²) in [6.07, 6.45) is 0. The van der Waals surface area contributed by atoms with Gasteiger partial charge >= 0.3 is 0 Å². The van der Waals surface area contributed by atoms with Crippen molar-refractivity contribution in [2.24, 2.45) is 0 Å². The Labute approximate surface area is 596 Å². The fraction of sp³-hybridized carbons (Fsp3) is 0. The second-order valence-corrected chi connectivity index (χ2v) is 24.5. The van der Waals surface area contributed by atoms with Crippen molar-refractivity contribution in [3.8, 4) is 113 Å². The molecule has 0 atom stereocenters. The zero-order chi connectivity index (χ0) is 72.0. The molecule has 0 spiro atoms. The highest BCUT2D eigenvalue weighted by Crippen LogP contribution is 2.47. The molecular formula is C89H44F5N11. The van der Waals surface area contributed by atoms with Crippen molar-refractivity contribution in [2.75, 3.05) is 0 Å². The number of para-hydroxylation sites is 2. The smallest absolute Gasteiger partial charge is 0.200 e. The standard InChI is InChI=1S/C47H22F5N5.C42H22N6/c1-54-31-21-19-30(20-22-31)44-45(29-13-11-25(24-53)12-14-29)57-47-37-32-9-5-6-10-35(32)55-43(34(37)23-33(46(47)56-44)26-7-3-2-4-8-26)28-17-15-27(16-18-28)36-38(48)40(50)42(52)41(51)39(36)49;1-44-31-20-16-28(17-21-31)38-35-24-34(27-8-4-3-5-9-27)41-42(37(35)33-10-6-7-11-36(33)46-38)48-40(29-14-12-26(25-43)13-15-29)39(47-41)30-18-22-32(45-2)23-19-30/h2-23H;3-24H. The van der Waals surface area contributed by atoms with Crippen LogP contribution >= 0.6 is 0 Å². The molecule has 11 nitrogen and oxygen atoms in total. The van der Waals surface area contributed by atoms with Crippen LogP contribution in [-0.4, -0.2) is 29.9 Å². The van der Waals surface area contributed by atoms with Gasteiger partial charge in [0.15, 0.2) is 40.3 Å². The quantitative estimate of drug-likeness (QED) is 0.0458. The van der Waals surface area contributed by atoms with Gasteiger partial charge in [0.2, 0.25) is 5.82 Å². The number of hydrogen-bond acceptors (Lipinski definition) is 8.